The van der Waals surface area contributed by atoms with Crippen LogP contribution in [0.1, 0.15) is 17.5 Å². The highest BCUT2D eigenvalue weighted by Crippen LogP contribution is 2.28. The number of hydrogen-bond acceptors (Lipinski definition) is 7. The summed E-state index contributed by atoms with van der Waals surface area (Å²) in [5.41, 5.74) is 1.78. The molecule has 3 rings (SSSR count). The molecule has 8 nitrogen and oxygen atoms in total. The van der Waals surface area contributed by atoms with Crippen molar-refractivity contribution in [2.75, 3.05) is 42.9 Å². The van der Waals surface area contributed by atoms with E-state index in [0.717, 1.165) is 17.0 Å². The molecule has 27 heavy (non-hydrogen) atoms. The van der Waals surface area contributed by atoms with Crippen LogP contribution in [0, 0.1) is 17.0 Å². The lowest BCUT2D eigenvalue weighted by atomic mass is 10.2. The molecular weight excluding hydrogens is 366 g/mol. The van der Waals surface area contributed by atoms with Gasteiger partial charge in [0.25, 0.3) is 5.69 Å². The molecule has 1 amide bonds. The average molecular weight is 389 g/mol. The number of para-hydroxylation sites is 2. The van der Waals surface area contributed by atoms with Crippen molar-refractivity contribution in [2.45, 2.75) is 20.3 Å². The maximum Gasteiger partial charge on any atom is 0.292 e. The van der Waals surface area contributed by atoms with E-state index in [1.165, 1.54) is 17.4 Å². The fourth-order valence-electron chi connectivity index (χ4n) is 3.20. The molecule has 9 heteroatoms. The second-order valence-electron chi connectivity index (χ2n) is 6.43. The monoisotopic (exact) mass is 389 g/mol. The van der Waals surface area contributed by atoms with Gasteiger partial charge in [0.2, 0.25) is 5.91 Å². The van der Waals surface area contributed by atoms with Gasteiger partial charge in [-0.2, -0.15) is 0 Å². The van der Waals surface area contributed by atoms with Crippen LogP contribution in [0.5, 0.6) is 0 Å². The molecule has 0 aliphatic carbocycles. The Morgan fingerprint density at radius 2 is 2.00 bits per heavy atom. The Hall–Kier alpha value is -2.52. The highest BCUT2D eigenvalue weighted by Gasteiger charge is 2.24. The van der Waals surface area contributed by atoms with Crippen LogP contribution in [-0.2, 0) is 11.2 Å². The van der Waals surface area contributed by atoms with Gasteiger partial charge in [-0.3, -0.25) is 19.8 Å². The van der Waals surface area contributed by atoms with Crippen LogP contribution in [0.15, 0.2) is 24.3 Å². The summed E-state index contributed by atoms with van der Waals surface area (Å²) in [5, 5.41) is 14.7. The molecule has 1 aromatic carbocycles. The summed E-state index contributed by atoms with van der Waals surface area (Å²) in [4.78, 5) is 32.8. The fraction of sp³-hybridized carbons (Fsp3) is 0.444. The van der Waals surface area contributed by atoms with Gasteiger partial charge >= 0.3 is 0 Å². The largest absolute Gasteiger partial charge is 0.363 e. The molecule has 0 spiro atoms. The van der Waals surface area contributed by atoms with Crippen molar-refractivity contribution in [3.8, 4) is 0 Å². The molecule has 144 valence electrons. The second kappa shape index (κ2) is 8.45. The third-order valence-electron chi connectivity index (χ3n) is 4.63. The molecule has 1 aliphatic rings. The number of nitrogens with zero attached hydrogens (tertiary/aromatic N) is 4. The lowest BCUT2D eigenvalue weighted by Gasteiger charge is -2.35. The van der Waals surface area contributed by atoms with Crippen molar-refractivity contribution in [3.05, 3.63) is 45.0 Å². The molecule has 0 unspecified atom stereocenters. The number of benzene rings is 1. The SMILES string of the molecule is CCc1nc(NC(=O)CN2CCN(c3ccccc3[N+](=O)[O-])CC2)sc1C. The predicted octanol–water partition coefficient (Wildman–Crippen LogP) is 2.68. The summed E-state index contributed by atoms with van der Waals surface area (Å²) in [7, 11) is 0. The van der Waals surface area contributed by atoms with Crippen LogP contribution < -0.4 is 10.2 Å². The summed E-state index contributed by atoms with van der Waals surface area (Å²) in [6.45, 7) is 7.00. The zero-order chi connectivity index (χ0) is 19.4. The number of amides is 1. The smallest absolute Gasteiger partial charge is 0.292 e. The van der Waals surface area contributed by atoms with E-state index in [-0.39, 0.29) is 16.5 Å². The zero-order valence-electron chi connectivity index (χ0n) is 15.5. The highest BCUT2D eigenvalue weighted by molar-refractivity contribution is 7.15. The lowest BCUT2D eigenvalue weighted by molar-refractivity contribution is -0.384. The lowest BCUT2D eigenvalue weighted by Crippen LogP contribution is -2.48. The first-order valence-corrected chi connectivity index (χ1v) is 9.76. The molecule has 1 aromatic heterocycles. The minimum absolute atomic E-state index is 0.0782. The van der Waals surface area contributed by atoms with Gasteiger partial charge in [-0.1, -0.05) is 19.1 Å². The van der Waals surface area contributed by atoms with Crippen LogP contribution in [0.2, 0.25) is 0 Å². The number of hydrogen-bond donors (Lipinski definition) is 1. The van der Waals surface area contributed by atoms with Gasteiger partial charge in [0, 0.05) is 37.1 Å². The van der Waals surface area contributed by atoms with E-state index in [2.05, 4.69) is 15.2 Å². The summed E-state index contributed by atoms with van der Waals surface area (Å²) < 4.78 is 0. The minimum Gasteiger partial charge on any atom is -0.363 e. The average Bonchev–Trinajstić information content (AvgIpc) is 3.01. The zero-order valence-corrected chi connectivity index (χ0v) is 16.3. The molecule has 1 saturated heterocycles. The molecular formula is C18H23N5O3S. The number of nitro groups is 1. The summed E-state index contributed by atoms with van der Waals surface area (Å²) in [6, 6.07) is 6.78. The number of carbonyl (C=O) groups excluding carboxylic acids is 1. The van der Waals surface area contributed by atoms with Gasteiger partial charge in [0.15, 0.2) is 5.13 Å². The van der Waals surface area contributed by atoms with E-state index in [4.69, 9.17) is 0 Å². The molecule has 1 aliphatic heterocycles. The van der Waals surface area contributed by atoms with Gasteiger partial charge in [-0.05, 0) is 19.4 Å². The van der Waals surface area contributed by atoms with Gasteiger partial charge < -0.3 is 10.2 Å². The van der Waals surface area contributed by atoms with Crippen molar-refractivity contribution in [1.29, 1.82) is 0 Å². The van der Waals surface area contributed by atoms with Gasteiger partial charge in [0.05, 0.1) is 17.2 Å². The van der Waals surface area contributed by atoms with Gasteiger partial charge in [-0.15, -0.1) is 11.3 Å². The maximum atomic E-state index is 12.3. The van der Waals surface area contributed by atoms with E-state index in [1.54, 1.807) is 12.1 Å². The summed E-state index contributed by atoms with van der Waals surface area (Å²) in [6.07, 6.45) is 0.853. The number of aromatic nitrogens is 1. The molecule has 0 saturated carbocycles. The van der Waals surface area contributed by atoms with Crippen molar-refractivity contribution in [3.63, 3.8) is 0 Å². The van der Waals surface area contributed by atoms with Gasteiger partial charge in [0.1, 0.15) is 5.69 Å². The molecule has 2 heterocycles. The van der Waals surface area contributed by atoms with Crippen LogP contribution in [-0.4, -0.2) is 53.4 Å². The fourth-order valence-corrected chi connectivity index (χ4v) is 4.12. The molecule has 2 aromatic rings. The third kappa shape index (κ3) is 4.61. The Balaban J connectivity index is 1.53. The van der Waals surface area contributed by atoms with Crippen molar-refractivity contribution >= 4 is 33.8 Å². The third-order valence-corrected chi connectivity index (χ3v) is 5.56. The summed E-state index contributed by atoms with van der Waals surface area (Å²) >= 11 is 1.50. The first-order valence-electron chi connectivity index (χ1n) is 8.94. The van der Waals surface area contributed by atoms with Crippen LogP contribution >= 0.6 is 11.3 Å². The van der Waals surface area contributed by atoms with Crippen molar-refractivity contribution in [1.82, 2.24) is 9.88 Å². The van der Waals surface area contributed by atoms with E-state index < -0.39 is 0 Å². The standard InChI is InChI=1S/C18H23N5O3S/c1-3-14-13(2)27-18(19-14)20-17(24)12-21-8-10-22(11-9-21)15-6-4-5-7-16(15)23(25)26/h4-7H,3,8-12H2,1-2H3,(H,19,20,24). The Morgan fingerprint density at radius 3 is 2.63 bits per heavy atom. The first-order chi connectivity index (χ1) is 13.0. The van der Waals surface area contributed by atoms with E-state index in [1.807, 2.05) is 24.8 Å². The van der Waals surface area contributed by atoms with E-state index >= 15 is 0 Å². The van der Waals surface area contributed by atoms with Crippen LogP contribution in [0.25, 0.3) is 0 Å². The van der Waals surface area contributed by atoms with E-state index in [0.29, 0.717) is 43.5 Å². The number of nitro benzene ring substituents is 1. The van der Waals surface area contributed by atoms with Crippen molar-refractivity contribution < 1.29 is 9.72 Å². The highest BCUT2D eigenvalue weighted by atomic mass is 32.1. The predicted molar refractivity (Wildman–Crippen MR) is 107 cm³/mol. The van der Waals surface area contributed by atoms with Crippen LogP contribution in [0.3, 0.4) is 0 Å². The Morgan fingerprint density at radius 1 is 1.30 bits per heavy atom. The molecule has 1 fully saturated rings. The number of carbonyl (C=O) groups is 1. The number of anilines is 2. The van der Waals surface area contributed by atoms with Gasteiger partial charge in [-0.25, -0.2) is 4.98 Å². The first kappa shape index (κ1) is 19.2. The molecule has 1 N–H and O–H groups in total. The van der Waals surface area contributed by atoms with Crippen molar-refractivity contribution in [2.24, 2.45) is 0 Å². The second-order valence-corrected chi connectivity index (χ2v) is 7.64. The number of nitrogens with one attached hydrogen (secondary N) is 1. The number of thiazole rings is 1. The molecule has 0 atom stereocenters. The molecule has 0 bridgehead atoms. The van der Waals surface area contributed by atoms with Crippen LogP contribution in [0.4, 0.5) is 16.5 Å². The quantitative estimate of drug-likeness (QED) is 0.603. The van der Waals surface area contributed by atoms with E-state index in [9.17, 15) is 14.9 Å². The summed E-state index contributed by atoms with van der Waals surface area (Å²) in [5.74, 6) is -0.0782. The normalized spacial score (nSPS) is 15.0. The number of aryl methyl sites for hydroxylation is 2. The number of rotatable bonds is 6. The maximum absolute atomic E-state index is 12.3. The Bertz CT molecular complexity index is 830. The Kier molecular flexibility index (Phi) is 6.02. The molecule has 0 radical (unpaired) electrons. The Labute approximate surface area is 162 Å². The minimum atomic E-state index is -0.351. The number of piperazine rings is 1. The topological polar surface area (TPSA) is 91.6 Å².